The lowest BCUT2D eigenvalue weighted by Gasteiger charge is -2.26. The molecule has 1 amide bonds. The van der Waals surface area contributed by atoms with Gasteiger partial charge < -0.3 is 14.4 Å². The van der Waals surface area contributed by atoms with E-state index in [1.54, 1.807) is 7.11 Å². The van der Waals surface area contributed by atoms with Crippen LogP contribution in [-0.2, 0) is 16.1 Å². The van der Waals surface area contributed by atoms with Crippen LogP contribution in [0.1, 0.15) is 17.7 Å². The van der Waals surface area contributed by atoms with Crippen LogP contribution in [0.25, 0.3) is 22.3 Å². The van der Waals surface area contributed by atoms with E-state index in [0.29, 0.717) is 39.3 Å². The summed E-state index contributed by atoms with van der Waals surface area (Å²) in [6.07, 6.45) is 0.386. The van der Waals surface area contributed by atoms with Crippen LogP contribution in [0.5, 0.6) is 5.75 Å². The van der Waals surface area contributed by atoms with Crippen molar-refractivity contribution in [2.24, 2.45) is 0 Å². The van der Waals surface area contributed by atoms with Crippen molar-refractivity contribution in [3.8, 4) is 17.0 Å². The molecule has 0 spiro atoms. The number of methoxy groups -OCH3 is 1. The number of para-hydroxylation sites is 1. The van der Waals surface area contributed by atoms with Crippen molar-refractivity contribution in [3.05, 3.63) is 41.6 Å². The van der Waals surface area contributed by atoms with Crippen molar-refractivity contribution in [3.63, 3.8) is 0 Å². The monoisotopic (exact) mass is 394 g/mol. The standard InChI is InChI=1S/C22H26N4O3/c1-15-14-16(2)23-22-20(15)21(17-6-4-5-7-18(17)28-3)24-26(22)9-8-19(27)25-10-12-29-13-11-25/h4-7,14H,8-13H2,1-3H3. The SMILES string of the molecule is COc1ccccc1-c1nn(CCC(=O)N2CCOCC2)c2nc(C)cc(C)c12. The fourth-order valence-corrected chi connectivity index (χ4v) is 3.87. The van der Waals surface area contributed by atoms with Crippen LogP contribution >= 0.6 is 0 Å². The van der Waals surface area contributed by atoms with Gasteiger partial charge in [0, 0.05) is 30.8 Å². The van der Waals surface area contributed by atoms with Gasteiger partial charge in [0.25, 0.3) is 0 Å². The minimum Gasteiger partial charge on any atom is -0.496 e. The maximum Gasteiger partial charge on any atom is 0.224 e. The van der Waals surface area contributed by atoms with E-state index in [1.165, 1.54) is 0 Å². The topological polar surface area (TPSA) is 69.5 Å². The first-order valence-corrected chi connectivity index (χ1v) is 9.92. The molecule has 0 atom stereocenters. The Kier molecular flexibility index (Phi) is 5.49. The van der Waals surface area contributed by atoms with Crippen molar-refractivity contribution < 1.29 is 14.3 Å². The highest BCUT2D eigenvalue weighted by Gasteiger charge is 2.21. The van der Waals surface area contributed by atoms with E-state index in [0.717, 1.165) is 39.3 Å². The maximum absolute atomic E-state index is 12.6. The molecule has 0 bridgehead atoms. The van der Waals surface area contributed by atoms with E-state index >= 15 is 0 Å². The zero-order valence-electron chi connectivity index (χ0n) is 17.1. The molecule has 1 aliphatic heterocycles. The van der Waals surface area contributed by atoms with Gasteiger partial charge in [0.2, 0.25) is 5.91 Å². The van der Waals surface area contributed by atoms with E-state index in [9.17, 15) is 4.79 Å². The fourth-order valence-electron chi connectivity index (χ4n) is 3.87. The van der Waals surface area contributed by atoms with E-state index in [1.807, 2.05) is 40.8 Å². The zero-order valence-corrected chi connectivity index (χ0v) is 17.1. The Morgan fingerprint density at radius 2 is 1.97 bits per heavy atom. The molecule has 1 saturated heterocycles. The lowest BCUT2D eigenvalue weighted by Crippen LogP contribution is -2.41. The summed E-state index contributed by atoms with van der Waals surface area (Å²) >= 11 is 0. The summed E-state index contributed by atoms with van der Waals surface area (Å²) in [5, 5.41) is 5.86. The van der Waals surface area contributed by atoms with Crippen LogP contribution in [-0.4, -0.2) is 59.0 Å². The second-order valence-electron chi connectivity index (χ2n) is 7.29. The molecule has 1 fully saturated rings. The number of pyridine rings is 1. The van der Waals surface area contributed by atoms with Gasteiger partial charge in [-0.1, -0.05) is 12.1 Å². The Morgan fingerprint density at radius 3 is 2.72 bits per heavy atom. The van der Waals surface area contributed by atoms with Crippen LogP contribution in [0.2, 0.25) is 0 Å². The van der Waals surface area contributed by atoms with Crippen LogP contribution in [0.4, 0.5) is 0 Å². The number of nitrogens with zero attached hydrogens (tertiary/aromatic N) is 4. The smallest absolute Gasteiger partial charge is 0.224 e. The molecule has 0 N–H and O–H groups in total. The predicted molar refractivity (Wildman–Crippen MR) is 111 cm³/mol. The van der Waals surface area contributed by atoms with Gasteiger partial charge in [-0.25, -0.2) is 9.67 Å². The Morgan fingerprint density at radius 1 is 1.21 bits per heavy atom. The number of amides is 1. The van der Waals surface area contributed by atoms with Gasteiger partial charge in [0.05, 0.1) is 32.3 Å². The van der Waals surface area contributed by atoms with Crippen molar-refractivity contribution >= 4 is 16.9 Å². The molecular weight excluding hydrogens is 368 g/mol. The fraction of sp³-hybridized carbons (Fsp3) is 0.409. The maximum atomic E-state index is 12.6. The van der Waals surface area contributed by atoms with Gasteiger partial charge >= 0.3 is 0 Å². The number of aromatic nitrogens is 3. The van der Waals surface area contributed by atoms with Crippen molar-refractivity contribution in [1.29, 1.82) is 0 Å². The summed E-state index contributed by atoms with van der Waals surface area (Å²) in [6.45, 7) is 7.05. The predicted octanol–water partition coefficient (Wildman–Crippen LogP) is 2.97. The number of carbonyl (C=O) groups is 1. The Balaban J connectivity index is 1.72. The van der Waals surface area contributed by atoms with E-state index < -0.39 is 0 Å². The lowest BCUT2D eigenvalue weighted by molar-refractivity contribution is -0.135. The number of hydrogen-bond acceptors (Lipinski definition) is 5. The van der Waals surface area contributed by atoms with Gasteiger partial charge in [-0.05, 0) is 37.6 Å². The first kappa shape index (κ1) is 19.4. The van der Waals surface area contributed by atoms with E-state index in [-0.39, 0.29) is 5.91 Å². The molecule has 1 aromatic carbocycles. The number of morpholine rings is 1. The lowest BCUT2D eigenvalue weighted by atomic mass is 10.0. The molecule has 3 heterocycles. The number of carbonyl (C=O) groups excluding carboxylic acids is 1. The largest absolute Gasteiger partial charge is 0.496 e. The highest BCUT2D eigenvalue weighted by Crippen LogP contribution is 2.35. The van der Waals surface area contributed by atoms with Crippen LogP contribution in [0.3, 0.4) is 0 Å². The first-order valence-electron chi connectivity index (χ1n) is 9.92. The molecule has 0 saturated carbocycles. The number of ether oxygens (including phenoxy) is 2. The summed E-state index contributed by atoms with van der Waals surface area (Å²) < 4.78 is 12.8. The first-order chi connectivity index (χ1) is 14.1. The van der Waals surface area contributed by atoms with Gasteiger partial charge in [0.1, 0.15) is 11.4 Å². The van der Waals surface area contributed by atoms with E-state index in [4.69, 9.17) is 19.6 Å². The Labute approximate surface area is 170 Å². The summed E-state index contributed by atoms with van der Waals surface area (Å²) in [4.78, 5) is 19.2. The number of fused-ring (bicyclic) bond motifs is 1. The van der Waals surface area contributed by atoms with Crippen molar-refractivity contribution in [2.45, 2.75) is 26.8 Å². The molecule has 7 heteroatoms. The Bertz CT molecular complexity index is 1040. The average molecular weight is 394 g/mol. The molecule has 0 radical (unpaired) electrons. The number of hydrogen-bond donors (Lipinski definition) is 0. The van der Waals surface area contributed by atoms with Crippen LogP contribution < -0.4 is 4.74 Å². The van der Waals surface area contributed by atoms with Gasteiger partial charge in [-0.3, -0.25) is 4.79 Å². The third kappa shape index (κ3) is 3.82. The molecule has 3 aromatic rings. The molecule has 152 valence electrons. The van der Waals surface area contributed by atoms with Crippen LogP contribution in [0, 0.1) is 13.8 Å². The molecule has 7 nitrogen and oxygen atoms in total. The molecule has 0 unspecified atom stereocenters. The highest BCUT2D eigenvalue weighted by atomic mass is 16.5. The molecular formula is C22H26N4O3. The van der Waals surface area contributed by atoms with Crippen molar-refractivity contribution in [1.82, 2.24) is 19.7 Å². The van der Waals surface area contributed by atoms with Gasteiger partial charge in [0.15, 0.2) is 5.65 Å². The number of benzene rings is 1. The van der Waals surface area contributed by atoms with E-state index in [2.05, 4.69) is 13.0 Å². The summed E-state index contributed by atoms with van der Waals surface area (Å²) in [5.41, 5.74) is 4.60. The second-order valence-corrected chi connectivity index (χ2v) is 7.29. The third-order valence-corrected chi connectivity index (χ3v) is 5.29. The van der Waals surface area contributed by atoms with Gasteiger partial charge in [-0.2, -0.15) is 5.10 Å². The molecule has 2 aromatic heterocycles. The summed E-state index contributed by atoms with van der Waals surface area (Å²) in [7, 11) is 1.66. The number of rotatable bonds is 5. The van der Waals surface area contributed by atoms with Gasteiger partial charge in [-0.15, -0.1) is 0 Å². The summed E-state index contributed by atoms with van der Waals surface area (Å²) in [6, 6.07) is 9.91. The molecule has 1 aliphatic rings. The minimum atomic E-state index is 0.125. The third-order valence-electron chi connectivity index (χ3n) is 5.29. The Hall–Kier alpha value is -2.93. The molecule has 0 aliphatic carbocycles. The normalized spacial score (nSPS) is 14.4. The highest BCUT2D eigenvalue weighted by molar-refractivity contribution is 5.95. The number of aryl methyl sites for hydroxylation is 3. The minimum absolute atomic E-state index is 0.125. The van der Waals surface area contributed by atoms with Crippen molar-refractivity contribution in [2.75, 3.05) is 33.4 Å². The quantitative estimate of drug-likeness (QED) is 0.665. The average Bonchev–Trinajstić information content (AvgIpc) is 3.11. The second kappa shape index (κ2) is 8.21. The summed E-state index contributed by atoms with van der Waals surface area (Å²) in [5.74, 6) is 0.892. The zero-order chi connectivity index (χ0) is 20.4. The van der Waals surface area contributed by atoms with Crippen LogP contribution in [0.15, 0.2) is 30.3 Å². The molecule has 4 rings (SSSR count). The molecule has 29 heavy (non-hydrogen) atoms.